The second kappa shape index (κ2) is 10.1. The van der Waals surface area contributed by atoms with Crippen molar-refractivity contribution in [2.24, 2.45) is 0 Å². The van der Waals surface area contributed by atoms with Gasteiger partial charge in [-0.1, -0.05) is 25.1 Å². The number of piperazine rings is 1. The number of amides is 1. The number of rotatable bonds is 8. The number of para-hydroxylation sites is 1. The first-order valence-electron chi connectivity index (χ1n) is 10.2. The van der Waals surface area contributed by atoms with E-state index in [1.807, 2.05) is 17.6 Å². The molecule has 0 unspecified atom stereocenters. The van der Waals surface area contributed by atoms with Crippen LogP contribution in [-0.4, -0.2) is 55.2 Å². The van der Waals surface area contributed by atoms with E-state index in [9.17, 15) is 9.59 Å². The van der Waals surface area contributed by atoms with E-state index in [-0.39, 0.29) is 23.6 Å². The third kappa shape index (κ3) is 5.60. The summed E-state index contributed by atoms with van der Waals surface area (Å²) < 4.78 is 7.00. The van der Waals surface area contributed by atoms with Crippen molar-refractivity contribution in [3.8, 4) is 5.75 Å². The van der Waals surface area contributed by atoms with Gasteiger partial charge in [-0.25, -0.2) is 0 Å². The maximum absolute atomic E-state index is 12.3. The molecule has 1 aliphatic rings. The lowest BCUT2D eigenvalue weighted by Gasteiger charge is -2.36. The number of ether oxygens (including phenoxy) is 1. The monoisotopic (exact) mass is 398 g/mol. The van der Waals surface area contributed by atoms with Gasteiger partial charge in [-0.05, 0) is 18.6 Å². The number of carbonyl (C=O) groups is 1. The van der Waals surface area contributed by atoms with Crippen molar-refractivity contribution in [2.45, 2.75) is 26.4 Å². The van der Waals surface area contributed by atoms with Crippen LogP contribution in [-0.2, 0) is 17.9 Å². The highest BCUT2D eigenvalue weighted by Crippen LogP contribution is 2.17. The zero-order valence-electron chi connectivity index (χ0n) is 17.3. The molecule has 1 amide bonds. The van der Waals surface area contributed by atoms with Crippen LogP contribution in [0.15, 0.2) is 47.4 Å². The van der Waals surface area contributed by atoms with Gasteiger partial charge in [-0.2, -0.15) is 0 Å². The number of hydrogen-bond donors (Lipinski definition) is 1. The molecular formula is C22H30N4O3. The summed E-state index contributed by atoms with van der Waals surface area (Å²) in [6.45, 7) is 7.13. The molecule has 1 aromatic heterocycles. The number of nitrogens with zero attached hydrogens (tertiary/aromatic N) is 3. The van der Waals surface area contributed by atoms with E-state index < -0.39 is 0 Å². The highest BCUT2D eigenvalue weighted by molar-refractivity contribution is 5.75. The highest BCUT2D eigenvalue weighted by Gasteiger charge is 2.19. The molecule has 2 heterocycles. The number of benzene rings is 1. The van der Waals surface area contributed by atoms with Crippen LogP contribution in [0.5, 0.6) is 5.75 Å². The Morgan fingerprint density at radius 1 is 1.14 bits per heavy atom. The van der Waals surface area contributed by atoms with Gasteiger partial charge in [0.05, 0.1) is 13.3 Å². The number of hydrogen-bond acceptors (Lipinski definition) is 5. The minimum Gasteiger partial charge on any atom is -0.491 e. The first-order chi connectivity index (χ1) is 14.1. The third-order valence-corrected chi connectivity index (χ3v) is 5.17. The molecule has 0 radical (unpaired) electrons. The average Bonchev–Trinajstić information content (AvgIpc) is 2.75. The fraction of sp³-hybridized carbons (Fsp3) is 0.455. The van der Waals surface area contributed by atoms with Gasteiger partial charge < -0.3 is 19.5 Å². The molecule has 2 aromatic rings. The molecule has 1 fully saturated rings. The lowest BCUT2D eigenvalue weighted by Crippen LogP contribution is -2.46. The number of aromatic nitrogens is 1. The molecule has 0 bridgehead atoms. The first kappa shape index (κ1) is 20.9. The number of carbonyl (C=O) groups excluding carboxylic acids is 1. The molecule has 0 aliphatic carbocycles. The molecule has 156 valence electrons. The molecule has 1 aliphatic heterocycles. The summed E-state index contributed by atoms with van der Waals surface area (Å²) in [6, 6.07) is 12.0. The van der Waals surface area contributed by atoms with Crippen LogP contribution in [0.25, 0.3) is 0 Å². The summed E-state index contributed by atoms with van der Waals surface area (Å²) in [5.41, 5.74) is 1.91. The fourth-order valence-corrected chi connectivity index (χ4v) is 3.54. The number of anilines is 1. The summed E-state index contributed by atoms with van der Waals surface area (Å²) in [7, 11) is 1.47. The van der Waals surface area contributed by atoms with E-state index in [0.29, 0.717) is 13.1 Å². The molecule has 3 rings (SSSR count). The molecule has 0 saturated carbocycles. The van der Waals surface area contributed by atoms with Crippen molar-refractivity contribution in [3.05, 3.63) is 58.5 Å². The largest absolute Gasteiger partial charge is 0.491 e. The Kier molecular flexibility index (Phi) is 7.30. The molecule has 7 nitrogen and oxygen atoms in total. The van der Waals surface area contributed by atoms with Gasteiger partial charge in [0.2, 0.25) is 11.3 Å². The van der Waals surface area contributed by atoms with Crippen molar-refractivity contribution in [1.29, 1.82) is 0 Å². The maximum atomic E-state index is 12.3. The zero-order valence-corrected chi connectivity index (χ0v) is 17.3. The molecule has 1 aromatic carbocycles. The van der Waals surface area contributed by atoms with Crippen LogP contribution in [0.1, 0.15) is 19.0 Å². The van der Waals surface area contributed by atoms with Gasteiger partial charge >= 0.3 is 0 Å². The van der Waals surface area contributed by atoms with Gasteiger partial charge in [0.25, 0.3) is 0 Å². The SMILES string of the molecule is CCCNC(=O)Cn1cc(OC)c(=O)cc1CN1CCN(c2ccccc2)CC1. The Hall–Kier alpha value is -2.80. The zero-order chi connectivity index (χ0) is 20.6. The predicted molar refractivity (Wildman–Crippen MR) is 114 cm³/mol. The summed E-state index contributed by atoms with van der Waals surface area (Å²) in [5, 5.41) is 2.89. The van der Waals surface area contributed by atoms with Crippen molar-refractivity contribution in [1.82, 2.24) is 14.8 Å². The standard InChI is InChI=1S/C22H30N4O3/c1-3-9-23-22(28)17-26-16-21(29-2)20(27)14-19(26)15-24-10-12-25(13-11-24)18-7-5-4-6-8-18/h4-8,14,16H,3,9-13,15,17H2,1-2H3,(H,23,28). The second-order valence-electron chi connectivity index (χ2n) is 7.27. The fourth-order valence-electron chi connectivity index (χ4n) is 3.54. The minimum absolute atomic E-state index is 0.0623. The quantitative estimate of drug-likeness (QED) is 0.733. The summed E-state index contributed by atoms with van der Waals surface area (Å²) >= 11 is 0. The second-order valence-corrected chi connectivity index (χ2v) is 7.27. The number of methoxy groups -OCH3 is 1. The summed E-state index contributed by atoms with van der Waals surface area (Å²) in [4.78, 5) is 29.2. The summed E-state index contributed by atoms with van der Waals surface area (Å²) in [6.07, 6.45) is 2.53. The van der Waals surface area contributed by atoms with Crippen LogP contribution >= 0.6 is 0 Å². The van der Waals surface area contributed by atoms with E-state index in [0.717, 1.165) is 38.3 Å². The predicted octanol–water partition coefficient (Wildman–Crippen LogP) is 1.71. The van der Waals surface area contributed by atoms with Crippen LogP contribution in [0, 0.1) is 0 Å². The van der Waals surface area contributed by atoms with Crippen LogP contribution in [0.4, 0.5) is 5.69 Å². The van der Waals surface area contributed by atoms with Gasteiger partial charge in [0.1, 0.15) is 6.54 Å². The Morgan fingerprint density at radius 2 is 1.86 bits per heavy atom. The van der Waals surface area contributed by atoms with Crippen LogP contribution < -0.4 is 20.4 Å². The van der Waals surface area contributed by atoms with Crippen molar-refractivity contribution in [3.63, 3.8) is 0 Å². The van der Waals surface area contributed by atoms with Crippen molar-refractivity contribution in [2.75, 3.05) is 44.7 Å². The number of pyridine rings is 1. The molecular weight excluding hydrogens is 368 g/mol. The van der Waals surface area contributed by atoms with E-state index in [1.54, 1.807) is 12.3 Å². The van der Waals surface area contributed by atoms with Crippen LogP contribution in [0.3, 0.4) is 0 Å². The van der Waals surface area contributed by atoms with E-state index >= 15 is 0 Å². The molecule has 29 heavy (non-hydrogen) atoms. The minimum atomic E-state index is -0.157. The lowest BCUT2D eigenvalue weighted by molar-refractivity contribution is -0.121. The third-order valence-electron chi connectivity index (χ3n) is 5.17. The summed E-state index contributed by atoms with van der Waals surface area (Å²) in [5.74, 6) is 0.193. The van der Waals surface area contributed by atoms with Gasteiger partial charge in [-0.15, -0.1) is 0 Å². The normalized spacial score (nSPS) is 14.6. The van der Waals surface area contributed by atoms with E-state index in [2.05, 4.69) is 39.4 Å². The Balaban J connectivity index is 1.68. The van der Waals surface area contributed by atoms with Gasteiger partial charge in [0.15, 0.2) is 5.75 Å². The Bertz CT molecular complexity index is 858. The lowest BCUT2D eigenvalue weighted by atomic mass is 10.2. The molecule has 1 N–H and O–H groups in total. The number of nitrogens with one attached hydrogen (secondary N) is 1. The highest BCUT2D eigenvalue weighted by atomic mass is 16.5. The molecule has 1 saturated heterocycles. The first-order valence-corrected chi connectivity index (χ1v) is 10.2. The van der Waals surface area contributed by atoms with Crippen molar-refractivity contribution < 1.29 is 9.53 Å². The van der Waals surface area contributed by atoms with Gasteiger partial charge in [0, 0.05) is 56.7 Å². The molecule has 0 atom stereocenters. The molecule has 7 heteroatoms. The smallest absolute Gasteiger partial charge is 0.239 e. The van der Waals surface area contributed by atoms with Crippen LogP contribution in [0.2, 0.25) is 0 Å². The van der Waals surface area contributed by atoms with E-state index in [4.69, 9.17) is 4.74 Å². The van der Waals surface area contributed by atoms with E-state index in [1.165, 1.54) is 12.8 Å². The maximum Gasteiger partial charge on any atom is 0.239 e. The topological polar surface area (TPSA) is 66.8 Å². The molecule has 0 spiro atoms. The van der Waals surface area contributed by atoms with Crippen molar-refractivity contribution >= 4 is 11.6 Å². The van der Waals surface area contributed by atoms with Gasteiger partial charge in [-0.3, -0.25) is 14.5 Å². The average molecular weight is 399 g/mol. The Labute approximate surface area is 171 Å². The Morgan fingerprint density at radius 3 is 2.52 bits per heavy atom.